The molecule has 0 fully saturated rings. The quantitative estimate of drug-likeness (QED) is 0.895. The smallest absolute Gasteiger partial charge is 0.323 e. The Balaban J connectivity index is 2.30. The van der Waals surface area contributed by atoms with E-state index in [2.05, 4.69) is 0 Å². The van der Waals surface area contributed by atoms with Crippen LogP contribution in [-0.2, 0) is 4.79 Å². The normalized spacial score (nSPS) is 12.1. The molecule has 0 amide bonds. The molecule has 4 heteroatoms. The number of benzene rings is 1. The molecule has 1 unspecified atom stereocenters. The Kier molecular flexibility index (Phi) is 3.90. The highest BCUT2D eigenvalue weighted by Crippen LogP contribution is 2.27. The topological polar surface area (TPSA) is 53.7 Å². The first-order valence-electron chi connectivity index (χ1n) is 6.17. The van der Waals surface area contributed by atoms with Crippen LogP contribution in [0.5, 0.6) is 0 Å². The summed E-state index contributed by atoms with van der Waals surface area (Å²) in [5.41, 5.74) is 0.867. The highest BCUT2D eigenvalue weighted by atomic mass is 16.4. The number of carbonyl (C=O) groups is 1. The Hall–Kier alpha value is -2.23. The average Bonchev–Trinajstić information content (AvgIpc) is 2.83. The standard InChI is InChI=1S/C15H17NO3/c1-11-8-9-14(19-11)12(2)16(10-15(17)18)13-6-4-3-5-7-13/h3-9,12H,10H2,1-2H3,(H,17,18). The van der Waals surface area contributed by atoms with Crippen LogP contribution < -0.4 is 4.90 Å². The van der Waals surface area contributed by atoms with Gasteiger partial charge in [-0.25, -0.2) is 0 Å². The fourth-order valence-corrected chi connectivity index (χ4v) is 2.05. The van der Waals surface area contributed by atoms with E-state index in [4.69, 9.17) is 9.52 Å². The average molecular weight is 259 g/mol. The molecule has 19 heavy (non-hydrogen) atoms. The molecule has 4 nitrogen and oxygen atoms in total. The van der Waals surface area contributed by atoms with E-state index < -0.39 is 5.97 Å². The van der Waals surface area contributed by atoms with Gasteiger partial charge in [-0.3, -0.25) is 4.79 Å². The Bertz CT molecular complexity index is 548. The van der Waals surface area contributed by atoms with Crippen LogP contribution >= 0.6 is 0 Å². The van der Waals surface area contributed by atoms with E-state index >= 15 is 0 Å². The van der Waals surface area contributed by atoms with Crippen molar-refractivity contribution in [3.63, 3.8) is 0 Å². The molecule has 0 saturated carbocycles. The molecule has 2 rings (SSSR count). The Labute approximate surface area is 112 Å². The third-order valence-corrected chi connectivity index (χ3v) is 3.03. The number of anilines is 1. The molecule has 1 N–H and O–H groups in total. The second-order valence-corrected chi connectivity index (χ2v) is 4.48. The van der Waals surface area contributed by atoms with Crippen LogP contribution in [0.25, 0.3) is 0 Å². The summed E-state index contributed by atoms with van der Waals surface area (Å²) >= 11 is 0. The van der Waals surface area contributed by atoms with Crippen LogP contribution in [0.1, 0.15) is 24.5 Å². The zero-order chi connectivity index (χ0) is 13.8. The lowest BCUT2D eigenvalue weighted by molar-refractivity contribution is -0.135. The summed E-state index contributed by atoms with van der Waals surface area (Å²) < 4.78 is 5.59. The predicted octanol–water partition coefficient (Wildman–Crippen LogP) is 3.24. The number of aryl methyl sites for hydroxylation is 1. The fourth-order valence-electron chi connectivity index (χ4n) is 2.05. The van der Waals surface area contributed by atoms with Gasteiger partial charge in [0.2, 0.25) is 0 Å². The van der Waals surface area contributed by atoms with Gasteiger partial charge in [0.15, 0.2) is 0 Å². The van der Waals surface area contributed by atoms with Gasteiger partial charge in [0, 0.05) is 5.69 Å². The third-order valence-electron chi connectivity index (χ3n) is 3.03. The Morgan fingerprint density at radius 1 is 1.26 bits per heavy atom. The van der Waals surface area contributed by atoms with Crippen LogP contribution in [0.2, 0.25) is 0 Å². The molecule has 1 heterocycles. The minimum absolute atomic E-state index is 0.0646. The molecule has 2 aromatic rings. The molecule has 0 aliphatic rings. The first kappa shape index (κ1) is 13.2. The van der Waals surface area contributed by atoms with Gasteiger partial charge in [-0.05, 0) is 38.1 Å². The summed E-state index contributed by atoms with van der Waals surface area (Å²) in [5, 5.41) is 9.07. The number of hydrogen-bond donors (Lipinski definition) is 1. The maximum absolute atomic E-state index is 11.1. The number of carboxylic acids is 1. The van der Waals surface area contributed by atoms with Gasteiger partial charge in [0.1, 0.15) is 18.1 Å². The number of rotatable bonds is 5. The molecule has 0 radical (unpaired) electrons. The van der Waals surface area contributed by atoms with Gasteiger partial charge < -0.3 is 14.4 Å². The van der Waals surface area contributed by atoms with E-state index in [-0.39, 0.29) is 12.6 Å². The lowest BCUT2D eigenvalue weighted by atomic mass is 10.2. The van der Waals surface area contributed by atoms with E-state index in [1.165, 1.54) is 0 Å². The molecular weight excluding hydrogens is 242 g/mol. The summed E-state index contributed by atoms with van der Waals surface area (Å²) in [4.78, 5) is 12.9. The zero-order valence-corrected chi connectivity index (χ0v) is 11.0. The van der Waals surface area contributed by atoms with Crippen LogP contribution in [0.4, 0.5) is 5.69 Å². The highest BCUT2D eigenvalue weighted by molar-refractivity contribution is 5.74. The minimum Gasteiger partial charge on any atom is -0.480 e. The molecule has 1 aromatic carbocycles. The summed E-state index contributed by atoms with van der Waals surface area (Å²) in [6.45, 7) is 3.75. The van der Waals surface area contributed by atoms with Gasteiger partial charge in [-0.2, -0.15) is 0 Å². The van der Waals surface area contributed by atoms with Crippen molar-refractivity contribution in [3.05, 3.63) is 54.0 Å². The molecule has 100 valence electrons. The third kappa shape index (κ3) is 3.16. The predicted molar refractivity (Wildman–Crippen MR) is 73.3 cm³/mol. The molecule has 0 aliphatic heterocycles. The van der Waals surface area contributed by atoms with Gasteiger partial charge >= 0.3 is 5.97 Å². The highest BCUT2D eigenvalue weighted by Gasteiger charge is 2.21. The number of hydrogen-bond acceptors (Lipinski definition) is 3. The number of aliphatic carboxylic acids is 1. The zero-order valence-electron chi connectivity index (χ0n) is 11.0. The van der Waals surface area contributed by atoms with Gasteiger partial charge in [0.25, 0.3) is 0 Å². The number of carboxylic acid groups (broad SMARTS) is 1. The number of nitrogens with zero attached hydrogens (tertiary/aromatic N) is 1. The Morgan fingerprint density at radius 3 is 2.47 bits per heavy atom. The SMILES string of the molecule is Cc1ccc(C(C)N(CC(=O)O)c2ccccc2)o1. The maximum atomic E-state index is 11.1. The van der Waals surface area contributed by atoms with Crippen LogP contribution in [-0.4, -0.2) is 17.6 Å². The largest absolute Gasteiger partial charge is 0.480 e. The monoisotopic (exact) mass is 259 g/mol. The van der Waals surface area contributed by atoms with Gasteiger partial charge in [-0.15, -0.1) is 0 Å². The van der Waals surface area contributed by atoms with Crippen molar-refractivity contribution >= 4 is 11.7 Å². The van der Waals surface area contributed by atoms with Gasteiger partial charge in [0.05, 0.1) is 6.04 Å². The molecule has 0 aliphatic carbocycles. The summed E-state index contributed by atoms with van der Waals surface area (Å²) in [6.07, 6.45) is 0. The molecule has 0 saturated heterocycles. The van der Waals surface area contributed by atoms with Crippen molar-refractivity contribution in [1.29, 1.82) is 0 Å². The first-order chi connectivity index (χ1) is 9.08. The maximum Gasteiger partial charge on any atom is 0.323 e. The summed E-state index contributed by atoms with van der Waals surface area (Å²) in [6, 6.07) is 13.1. The van der Waals surface area contributed by atoms with E-state index in [1.54, 1.807) is 4.90 Å². The molecule has 1 aromatic heterocycles. The van der Waals surface area contributed by atoms with Gasteiger partial charge in [-0.1, -0.05) is 18.2 Å². The van der Waals surface area contributed by atoms with Crippen molar-refractivity contribution in [3.8, 4) is 0 Å². The van der Waals surface area contributed by atoms with Crippen molar-refractivity contribution in [2.75, 3.05) is 11.4 Å². The van der Waals surface area contributed by atoms with Crippen LogP contribution in [0.15, 0.2) is 46.9 Å². The Morgan fingerprint density at radius 2 is 1.95 bits per heavy atom. The molecule has 0 spiro atoms. The van der Waals surface area contributed by atoms with Crippen molar-refractivity contribution in [1.82, 2.24) is 0 Å². The lowest BCUT2D eigenvalue weighted by Gasteiger charge is -2.28. The second-order valence-electron chi connectivity index (χ2n) is 4.48. The van der Waals surface area contributed by atoms with Crippen molar-refractivity contribution in [2.24, 2.45) is 0 Å². The van der Waals surface area contributed by atoms with Crippen LogP contribution in [0.3, 0.4) is 0 Å². The van der Waals surface area contributed by atoms with Crippen molar-refractivity contribution in [2.45, 2.75) is 19.9 Å². The van der Waals surface area contributed by atoms with E-state index in [9.17, 15) is 4.79 Å². The first-order valence-corrected chi connectivity index (χ1v) is 6.17. The summed E-state index contributed by atoms with van der Waals surface area (Å²) in [5.74, 6) is 0.728. The van der Waals surface area contributed by atoms with Crippen LogP contribution in [0, 0.1) is 6.92 Å². The second kappa shape index (κ2) is 5.61. The molecule has 1 atom stereocenters. The molecular formula is C15H17NO3. The lowest BCUT2D eigenvalue weighted by Crippen LogP contribution is -2.32. The minimum atomic E-state index is -0.862. The fraction of sp³-hybridized carbons (Fsp3) is 0.267. The number of para-hydroxylation sites is 1. The van der Waals surface area contributed by atoms with Crippen molar-refractivity contribution < 1.29 is 14.3 Å². The van der Waals surface area contributed by atoms with E-state index in [0.717, 1.165) is 17.2 Å². The molecule has 0 bridgehead atoms. The summed E-state index contributed by atoms with van der Waals surface area (Å²) in [7, 11) is 0. The van der Waals surface area contributed by atoms with E-state index in [1.807, 2.05) is 56.3 Å². The number of furan rings is 1. The van der Waals surface area contributed by atoms with E-state index in [0.29, 0.717) is 0 Å².